The second kappa shape index (κ2) is 9.27. The van der Waals surface area contributed by atoms with Gasteiger partial charge in [0.25, 0.3) is 5.91 Å². The molecule has 2 heterocycles. The molecule has 1 aliphatic heterocycles. The third kappa shape index (κ3) is 5.37. The summed E-state index contributed by atoms with van der Waals surface area (Å²) in [5.41, 5.74) is 1.45. The van der Waals surface area contributed by atoms with Crippen LogP contribution in [0.1, 0.15) is 34.8 Å². The molecule has 0 aliphatic carbocycles. The van der Waals surface area contributed by atoms with Gasteiger partial charge in [-0.15, -0.1) is 0 Å². The van der Waals surface area contributed by atoms with E-state index in [9.17, 15) is 14.0 Å². The fourth-order valence-electron chi connectivity index (χ4n) is 3.20. The molecular weight excluding hydrogens is 349 g/mol. The lowest BCUT2D eigenvalue weighted by atomic mass is 9.96. The van der Waals surface area contributed by atoms with Gasteiger partial charge in [-0.1, -0.05) is 0 Å². The van der Waals surface area contributed by atoms with Crippen LogP contribution in [0.3, 0.4) is 0 Å². The van der Waals surface area contributed by atoms with Crippen molar-refractivity contribution in [2.75, 3.05) is 26.2 Å². The van der Waals surface area contributed by atoms with Crippen molar-refractivity contribution < 1.29 is 14.0 Å². The first kappa shape index (κ1) is 19.0. The Morgan fingerprint density at radius 1 is 1.19 bits per heavy atom. The van der Waals surface area contributed by atoms with Crippen molar-refractivity contribution in [3.05, 3.63) is 53.6 Å². The fraction of sp³-hybridized carbons (Fsp3) is 0.421. The second-order valence-electron chi connectivity index (χ2n) is 6.57. The molecule has 2 aromatic rings. The Morgan fingerprint density at radius 3 is 2.70 bits per heavy atom. The summed E-state index contributed by atoms with van der Waals surface area (Å²) in [6.45, 7) is 2.70. The Labute approximate surface area is 157 Å². The standard InChI is InChI=1S/C19H24FN5O2/c20-16-5-3-14(4-6-16)19(27)23-11-10-22-18(26)13-25-17(7-9-24-25)15-2-1-8-21-12-15/h3-7,9,15,21H,1-2,8,10-13H2,(H,22,26)(H,23,27)/t15-/m1/s1. The zero-order valence-corrected chi connectivity index (χ0v) is 15.1. The van der Waals surface area contributed by atoms with E-state index in [2.05, 4.69) is 21.0 Å². The van der Waals surface area contributed by atoms with Crippen molar-refractivity contribution in [1.29, 1.82) is 0 Å². The smallest absolute Gasteiger partial charge is 0.251 e. The molecule has 0 unspecified atom stereocenters. The van der Waals surface area contributed by atoms with E-state index >= 15 is 0 Å². The van der Waals surface area contributed by atoms with Gasteiger partial charge in [-0.25, -0.2) is 4.39 Å². The molecule has 3 rings (SSSR count). The minimum absolute atomic E-state index is 0.153. The van der Waals surface area contributed by atoms with E-state index in [1.54, 1.807) is 10.9 Å². The highest BCUT2D eigenvalue weighted by atomic mass is 19.1. The normalized spacial score (nSPS) is 16.7. The van der Waals surface area contributed by atoms with Gasteiger partial charge in [0.1, 0.15) is 12.4 Å². The lowest BCUT2D eigenvalue weighted by Crippen LogP contribution is -2.37. The van der Waals surface area contributed by atoms with E-state index in [0.29, 0.717) is 24.6 Å². The average Bonchev–Trinajstić information content (AvgIpc) is 3.14. The molecule has 0 radical (unpaired) electrons. The number of piperidine rings is 1. The van der Waals surface area contributed by atoms with E-state index < -0.39 is 0 Å². The summed E-state index contributed by atoms with van der Waals surface area (Å²) in [6.07, 6.45) is 3.94. The Morgan fingerprint density at radius 2 is 1.96 bits per heavy atom. The van der Waals surface area contributed by atoms with E-state index in [4.69, 9.17) is 0 Å². The van der Waals surface area contributed by atoms with Gasteiger partial charge in [0.2, 0.25) is 5.91 Å². The average molecular weight is 373 g/mol. The van der Waals surface area contributed by atoms with Gasteiger partial charge >= 0.3 is 0 Å². The Hall–Kier alpha value is -2.74. The Kier molecular flexibility index (Phi) is 6.54. The van der Waals surface area contributed by atoms with Crippen molar-refractivity contribution in [3.63, 3.8) is 0 Å². The molecule has 0 saturated carbocycles. The number of benzene rings is 1. The number of halogens is 1. The lowest BCUT2D eigenvalue weighted by molar-refractivity contribution is -0.121. The van der Waals surface area contributed by atoms with Gasteiger partial charge in [-0.2, -0.15) is 5.10 Å². The number of carbonyl (C=O) groups excluding carboxylic acids is 2. The van der Waals surface area contributed by atoms with Crippen LogP contribution in [-0.4, -0.2) is 47.8 Å². The highest BCUT2D eigenvalue weighted by Gasteiger charge is 2.19. The molecule has 27 heavy (non-hydrogen) atoms. The number of amides is 2. The van der Waals surface area contributed by atoms with Gasteiger partial charge in [0.15, 0.2) is 0 Å². The topological polar surface area (TPSA) is 88.1 Å². The van der Waals surface area contributed by atoms with Crippen LogP contribution in [0.4, 0.5) is 4.39 Å². The molecule has 3 N–H and O–H groups in total. The minimum atomic E-state index is -0.388. The van der Waals surface area contributed by atoms with E-state index in [1.165, 1.54) is 24.3 Å². The van der Waals surface area contributed by atoms with Crippen LogP contribution >= 0.6 is 0 Å². The van der Waals surface area contributed by atoms with Crippen LogP contribution in [0.2, 0.25) is 0 Å². The summed E-state index contributed by atoms with van der Waals surface area (Å²) in [5.74, 6) is -0.465. The van der Waals surface area contributed by atoms with Crippen LogP contribution in [0.15, 0.2) is 36.5 Å². The van der Waals surface area contributed by atoms with Crippen molar-refractivity contribution in [2.45, 2.75) is 25.3 Å². The maximum atomic E-state index is 12.9. The lowest BCUT2D eigenvalue weighted by Gasteiger charge is -2.23. The van der Waals surface area contributed by atoms with Gasteiger partial charge in [0, 0.05) is 43.0 Å². The number of hydrogen-bond acceptors (Lipinski definition) is 4. The molecule has 1 fully saturated rings. The molecule has 2 amide bonds. The monoisotopic (exact) mass is 373 g/mol. The molecule has 144 valence electrons. The van der Waals surface area contributed by atoms with Crippen molar-refractivity contribution in [3.8, 4) is 0 Å². The Bertz CT molecular complexity index is 769. The Balaban J connectivity index is 1.41. The predicted molar refractivity (Wildman–Crippen MR) is 98.8 cm³/mol. The highest BCUT2D eigenvalue weighted by Crippen LogP contribution is 2.22. The molecule has 1 aromatic carbocycles. The summed E-state index contributed by atoms with van der Waals surface area (Å²) in [7, 11) is 0. The summed E-state index contributed by atoms with van der Waals surface area (Å²) in [4.78, 5) is 24.1. The van der Waals surface area contributed by atoms with Crippen molar-refractivity contribution in [2.24, 2.45) is 0 Å². The number of nitrogens with one attached hydrogen (secondary N) is 3. The third-order valence-electron chi connectivity index (χ3n) is 4.60. The van der Waals surface area contributed by atoms with Crippen molar-refractivity contribution in [1.82, 2.24) is 25.7 Å². The van der Waals surface area contributed by atoms with Crippen LogP contribution in [0.25, 0.3) is 0 Å². The maximum Gasteiger partial charge on any atom is 0.251 e. The summed E-state index contributed by atoms with van der Waals surface area (Å²) in [5, 5.41) is 13.1. The first-order valence-corrected chi connectivity index (χ1v) is 9.16. The molecule has 1 aliphatic rings. The van der Waals surface area contributed by atoms with Crippen LogP contribution in [-0.2, 0) is 11.3 Å². The number of nitrogens with zero attached hydrogens (tertiary/aromatic N) is 2. The van der Waals surface area contributed by atoms with Gasteiger partial charge < -0.3 is 16.0 Å². The third-order valence-corrected chi connectivity index (χ3v) is 4.60. The molecule has 0 spiro atoms. The largest absolute Gasteiger partial charge is 0.353 e. The summed E-state index contributed by atoms with van der Waals surface area (Å²) >= 11 is 0. The SMILES string of the molecule is O=C(Cn1nccc1[C@@H]1CCCNC1)NCCNC(=O)c1ccc(F)cc1. The van der Waals surface area contributed by atoms with Crippen LogP contribution in [0, 0.1) is 5.82 Å². The molecule has 1 aromatic heterocycles. The molecule has 1 atom stereocenters. The molecule has 7 nitrogen and oxygen atoms in total. The predicted octanol–water partition coefficient (Wildman–Crippen LogP) is 1.04. The van der Waals surface area contributed by atoms with E-state index in [-0.39, 0.29) is 24.2 Å². The second-order valence-corrected chi connectivity index (χ2v) is 6.57. The number of aromatic nitrogens is 2. The fourth-order valence-corrected chi connectivity index (χ4v) is 3.20. The molecule has 1 saturated heterocycles. The zero-order chi connectivity index (χ0) is 19.1. The van der Waals surface area contributed by atoms with E-state index in [1.807, 2.05) is 6.07 Å². The quantitative estimate of drug-likeness (QED) is 0.633. The first-order valence-electron chi connectivity index (χ1n) is 9.16. The van der Waals surface area contributed by atoms with Gasteiger partial charge in [-0.3, -0.25) is 14.3 Å². The maximum absolute atomic E-state index is 12.9. The molecule has 8 heteroatoms. The van der Waals surface area contributed by atoms with Gasteiger partial charge in [-0.05, 0) is 49.7 Å². The number of hydrogen-bond donors (Lipinski definition) is 3. The van der Waals surface area contributed by atoms with Crippen LogP contribution in [0.5, 0.6) is 0 Å². The molecular formula is C19H24FN5O2. The number of rotatable bonds is 7. The van der Waals surface area contributed by atoms with E-state index in [0.717, 1.165) is 31.6 Å². The zero-order valence-electron chi connectivity index (χ0n) is 15.1. The van der Waals surface area contributed by atoms with Crippen molar-refractivity contribution >= 4 is 11.8 Å². The minimum Gasteiger partial charge on any atom is -0.353 e. The molecule has 0 bridgehead atoms. The van der Waals surface area contributed by atoms with Crippen LogP contribution < -0.4 is 16.0 Å². The first-order chi connectivity index (χ1) is 13.1. The summed E-state index contributed by atoms with van der Waals surface area (Å²) < 4.78 is 14.6. The van der Waals surface area contributed by atoms with Gasteiger partial charge in [0.05, 0.1) is 0 Å². The highest BCUT2D eigenvalue weighted by molar-refractivity contribution is 5.94. The summed E-state index contributed by atoms with van der Waals surface area (Å²) in [6, 6.07) is 7.28. The number of carbonyl (C=O) groups is 2.